The molecule has 1 atom stereocenters. The molecule has 1 unspecified atom stereocenters. The number of rotatable bonds is 4. The van der Waals surface area contributed by atoms with Gasteiger partial charge in [0.15, 0.2) is 0 Å². The average molecular weight is 398 g/mol. The number of hydrogen-bond acceptors (Lipinski definition) is 3. The average Bonchev–Trinajstić information content (AvgIpc) is 2.46. The molecular formula is C14H16BrF4N3O. The molecule has 1 aliphatic rings. The Kier molecular flexibility index (Phi) is 5.99. The third-order valence-electron chi connectivity index (χ3n) is 3.55. The van der Waals surface area contributed by atoms with E-state index in [9.17, 15) is 22.4 Å². The highest BCUT2D eigenvalue weighted by molar-refractivity contribution is 9.10. The zero-order chi connectivity index (χ0) is 17.0. The SMILES string of the molecule is O=C(NCC(N1CCNCC1)C(F)(F)F)c1cc(F)cc(Br)c1. The Morgan fingerprint density at radius 3 is 2.52 bits per heavy atom. The highest BCUT2D eigenvalue weighted by Gasteiger charge is 2.43. The van der Waals surface area contributed by atoms with E-state index in [1.807, 2.05) is 0 Å². The molecule has 0 saturated carbocycles. The quantitative estimate of drug-likeness (QED) is 0.765. The largest absolute Gasteiger partial charge is 0.405 e. The molecule has 4 nitrogen and oxygen atoms in total. The van der Waals surface area contributed by atoms with Crippen molar-refractivity contribution < 1.29 is 22.4 Å². The molecule has 23 heavy (non-hydrogen) atoms. The summed E-state index contributed by atoms with van der Waals surface area (Å²) in [6, 6.07) is 1.74. The minimum Gasteiger partial charge on any atom is -0.350 e. The number of nitrogens with one attached hydrogen (secondary N) is 2. The Hall–Kier alpha value is -1.19. The first kappa shape index (κ1) is 18.2. The molecule has 0 aliphatic carbocycles. The molecule has 1 aromatic carbocycles. The van der Waals surface area contributed by atoms with E-state index < -0.39 is 30.5 Å². The van der Waals surface area contributed by atoms with Crippen molar-refractivity contribution in [1.82, 2.24) is 15.5 Å². The van der Waals surface area contributed by atoms with Gasteiger partial charge in [-0.1, -0.05) is 15.9 Å². The summed E-state index contributed by atoms with van der Waals surface area (Å²) in [7, 11) is 0. The number of halogens is 5. The van der Waals surface area contributed by atoms with Gasteiger partial charge >= 0.3 is 6.18 Å². The summed E-state index contributed by atoms with van der Waals surface area (Å²) >= 11 is 3.04. The molecule has 1 aliphatic heterocycles. The number of hydrogen-bond donors (Lipinski definition) is 2. The number of carbonyl (C=O) groups is 1. The van der Waals surface area contributed by atoms with Crippen molar-refractivity contribution >= 4 is 21.8 Å². The van der Waals surface area contributed by atoms with Gasteiger partial charge in [0.25, 0.3) is 5.91 Å². The highest BCUT2D eigenvalue weighted by Crippen LogP contribution is 2.25. The standard InChI is InChI=1S/C14H16BrF4N3O/c15-10-5-9(6-11(16)7-10)13(23)21-8-12(14(17,18)19)22-3-1-20-2-4-22/h5-7,12,20H,1-4,8H2,(H,21,23). The molecule has 0 spiro atoms. The first-order chi connectivity index (χ1) is 10.8. The van der Waals surface area contributed by atoms with Crippen molar-refractivity contribution in [1.29, 1.82) is 0 Å². The zero-order valence-corrected chi connectivity index (χ0v) is 13.7. The van der Waals surface area contributed by atoms with Crippen LogP contribution in [0, 0.1) is 5.82 Å². The minimum absolute atomic E-state index is 0.0295. The van der Waals surface area contributed by atoms with Gasteiger partial charge in [0, 0.05) is 42.8 Å². The molecule has 128 valence electrons. The summed E-state index contributed by atoms with van der Waals surface area (Å²) in [4.78, 5) is 13.3. The van der Waals surface area contributed by atoms with Crippen molar-refractivity contribution in [3.63, 3.8) is 0 Å². The van der Waals surface area contributed by atoms with Crippen LogP contribution in [0.3, 0.4) is 0 Å². The van der Waals surface area contributed by atoms with Gasteiger partial charge in [-0.2, -0.15) is 13.2 Å². The maximum atomic E-state index is 13.3. The van der Waals surface area contributed by atoms with Gasteiger partial charge in [0.2, 0.25) is 0 Å². The van der Waals surface area contributed by atoms with E-state index in [2.05, 4.69) is 26.6 Å². The monoisotopic (exact) mass is 397 g/mol. The molecule has 2 N–H and O–H groups in total. The van der Waals surface area contributed by atoms with Crippen LogP contribution >= 0.6 is 15.9 Å². The molecular weight excluding hydrogens is 382 g/mol. The molecule has 1 amide bonds. The number of amides is 1. The Bertz CT molecular complexity index is 541. The number of benzene rings is 1. The molecule has 0 aromatic heterocycles. The van der Waals surface area contributed by atoms with Gasteiger partial charge in [0.1, 0.15) is 11.9 Å². The lowest BCUT2D eigenvalue weighted by atomic mass is 10.1. The summed E-state index contributed by atoms with van der Waals surface area (Å²) in [5.74, 6) is -1.38. The summed E-state index contributed by atoms with van der Waals surface area (Å²) in [6.45, 7) is 0.877. The first-order valence-corrected chi connectivity index (χ1v) is 7.82. The second-order valence-electron chi connectivity index (χ2n) is 5.21. The summed E-state index contributed by atoms with van der Waals surface area (Å²) in [6.07, 6.45) is -4.45. The van der Waals surface area contributed by atoms with E-state index in [0.29, 0.717) is 17.6 Å². The second-order valence-corrected chi connectivity index (χ2v) is 6.13. The van der Waals surface area contributed by atoms with E-state index in [0.717, 1.165) is 12.1 Å². The van der Waals surface area contributed by atoms with Gasteiger partial charge in [0.05, 0.1) is 0 Å². The van der Waals surface area contributed by atoms with Crippen LogP contribution in [0.1, 0.15) is 10.4 Å². The van der Waals surface area contributed by atoms with Crippen LogP contribution in [-0.2, 0) is 0 Å². The van der Waals surface area contributed by atoms with Gasteiger partial charge < -0.3 is 10.6 Å². The van der Waals surface area contributed by atoms with E-state index >= 15 is 0 Å². The summed E-state index contributed by atoms with van der Waals surface area (Å²) in [5, 5.41) is 5.23. The number of carbonyl (C=O) groups excluding carboxylic acids is 1. The fourth-order valence-corrected chi connectivity index (χ4v) is 2.89. The van der Waals surface area contributed by atoms with Crippen LogP contribution < -0.4 is 10.6 Å². The van der Waals surface area contributed by atoms with Crippen molar-refractivity contribution in [3.05, 3.63) is 34.1 Å². The van der Waals surface area contributed by atoms with E-state index in [1.165, 1.54) is 11.0 Å². The molecule has 1 fully saturated rings. The number of nitrogens with zero attached hydrogens (tertiary/aromatic N) is 1. The smallest absolute Gasteiger partial charge is 0.350 e. The molecule has 1 aromatic rings. The lowest BCUT2D eigenvalue weighted by Gasteiger charge is -2.35. The lowest BCUT2D eigenvalue weighted by molar-refractivity contribution is -0.183. The third-order valence-corrected chi connectivity index (χ3v) is 4.01. The molecule has 0 radical (unpaired) electrons. The van der Waals surface area contributed by atoms with Crippen LogP contribution in [0.25, 0.3) is 0 Å². The van der Waals surface area contributed by atoms with Gasteiger partial charge in [-0.05, 0) is 18.2 Å². The fourth-order valence-electron chi connectivity index (χ4n) is 2.42. The molecule has 9 heteroatoms. The maximum Gasteiger partial charge on any atom is 0.405 e. The van der Waals surface area contributed by atoms with E-state index in [1.54, 1.807) is 0 Å². The lowest BCUT2D eigenvalue weighted by Crippen LogP contribution is -2.57. The maximum absolute atomic E-state index is 13.3. The fraction of sp³-hybridized carbons (Fsp3) is 0.500. The Balaban J connectivity index is 2.04. The Morgan fingerprint density at radius 1 is 1.30 bits per heavy atom. The Labute approximate surface area is 139 Å². The predicted molar refractivity (Wildman–Crippen MR) is 80.7 cm³/mol. The van der Waals surface area contributed by atoms with Crippen LogP contribution in [-0.4, -0.2) is 55.7 Å². The third kappa shape index (κ3) is 5.15. The van der Waals surface area contributed by atoms with Gasteiger partial charge in [-0.25, -0.2) is 4.39 Å². The second kappa shape index (κ2) is 7.59. The normalized spacial score (nSPS) is 17.8. The number of piperazine rings is 1. The molecule has 1 saturated heterocycles. The predicted octanol–water partition coefficient (Wildman–Crippen LogP) is 2.15. The topological polar surface area (TPSA) is 44.4 Å². The van der Waals surface area contributed by atoms with Crippen molar-refractivity contribution in [2.45, 2.75) is 12.2 Å². The van der Waals surface area contributed by atoms with Crippen LogP contribution in [0.15, 0.2) is 22.7 Å². The van der Waals surface area contributed by atoms with Gasteiger partial charge in [-0.15, -0.1) is 0 Å². The van der Waals surface area contributed by atoms with Crippen molar-refractivity contribution in [2.75, 3.05) is 32.7 Å². The van der Waals surface area contributed by atoms with Crippen molar-refractivity contribution in [3.8, 4) is 0 Å². The van der Waals surface area contributed by atoms with Crippen LogP contribution in [0.4, 0.5) is 17.6 Å². The van der Waals surface area contributed by atoms with Crippen LogP contribution in [0.2, 0.25) is 0 Å². The first-order valence-electron chi connectivity index (χ1n) is 7.03. The van der Waals surface area contributed by atoms with E-state index in [4.69, 9.17) is 0 Å². The molecule has 1 heterocycles. The molecule has 0 bridgehead atoms. The van der Waals surface area contributed by atoms with Crippen molar-refractivity contribution in [2.24, 2.45) is 0 Å². The Morgan fingerprint density at radius 2 is 1.96 bits per heavy atom. The van der Waals surface area contributed by atoms with E-state index in [-0.39, 0.29) is 18.7 Å². The summed E-state index contributed by atoms with van der Waals surface area (Å²) < 4.78 is 53.2. The minimum atomic E-state index is -4.45. The van der Waals surface area contributed by atoms with Gasteiger partial charge in [-0.3, -0.25) is 9.69 Å². The van der Waals surface area contributed by atoms with Crippen LogP contribution in [0.5, 0.6) is 0 Å². The molecule has 2 rings (SSSR count). The highest BCUT2D eigenvalue weighted by atomic mass is 79.9. The summed E-state index contributed by atoms with van der Waals surface area (Å²) in [5.41, 5.74) is -0.0295. The zero-order valence-electron chi connectivity index (χ0n) is 12.1. The number of alkyl halides is 3.